The molecule has 0 aliphatic heterocycles. The standard InChI is InChI=1S/C23H40N7O6P/c1-6-8-9-10-35-22(33)23(5,7-2)29-37(34,28-16(3)11-18(31)32)15-36-17(4)12-30-14-27-19-20(24)25-13-26-21(19)30/h13-14,16-17H,6-12,15H2,1-5H3,(H,31,32)(H2,24,25,26)(H2,28,29,34)/t16-,17?,23?,37?/m0/s1. The number of aliphatic carboxylic acids is 1. The van der Waals surface area contributed by atoms with Crippen LogP contribution in [0.1, 0.15) is 66.7 Å². The number of carbonyl (C=O) groups is 2. The highest BCUT2D eigenvalue weighted by Crippen LogP contribution is 2.41. The molecule has 208 valence electrons. The predicted molar refractivity (Wildman–Crippen MR) is 140 cm³/mol. The number of carboxylic acids is 1. The quantitative estimate of drug-likeness (QED) is 0.131. The van der Waals surface area contributed by atoms with Crippen LogP contribution in [0.2, 0.25) is 0 Å². The monoisotopic (exact) mass is 541 g/mol. The fourth-order valence-corrected chi connectivity index (χ4v) is 6.22. The second-order valence-electron chi connectivity index (χ2n) is 9.44. The van der Waals surface area contributed by atoms with E-state index in [2.05, 4.69) is 32.1 Å². The number of anilines is 1. The molecule has 37 heavy (non-hydrogen) atoms. The van der Waals surface area contributed by atoms with Gasteiger partial charge in [-0.2, -0.15) is 0 Å². The molecule has 14 heteroatoms. The van der Waals surface area contributed by atoms with E-state index in [1.807, 2.05) is 0 Å². The lowest BCUT2D eigenvalue weighted by Gasteiger charge is -2.34. The number of rotatable bonds is 17. The average molecular weight is 542 g/mol. The van der Waals surface area contributed by atoms with Crippen molar-refractivity contribution < 1.29 is 28.7 Å². The zero-order valence-electron chi connectivity index (χ0n) is 22.3. The molecule has 0 fully saturated rings. The molecule has 0 saturated heterocycles. The smallest absolute Gasteiger partial charge is 0.326 e. The summed E-state index contributed by atoms with van der Waals surface area (Å²) in [6.07, 6.45) is 4.91. The number of esters is 1. The fraction of sp³-hybridized carbons (Fsp3) is 0.696. The summed E-state index contributed by atoms with van der Waals surface area (Å²) in [6, 6.07) is -0.645. The lowest BCUT2D eigenvalue weighted by Crippen LogP contribution is -2.51. The first-order valence-corrected chi connectivity index (χ1v) is 14.4. The van der Waals surface area contributed by atoms with Crippen LogP contribution < -0.4 is 15.9 Å². The molecule has 0 saturated carbocycles. The number of hydrogen-bond acceptors (Lipinski definition) is 9. The Hall–Kier alpha value is -2.60. The Morgan fingerprint density at radius 3 is 2.62 bits per heavy atom. The number of ether oxygens (including phenoxy) is 2. The zero-order chi connectivity index (χ0) is 27.6. The molecule has 0 amide bonds. The van der Waals surface area contributed by atoms with Crippen LogP contribution in [0, 0.1) is 0 Å². The molecule has 0 aromatic carbocycles. The third-order valence-electron chi connectivity index (χ3n) is 5.90. The Morgan fingerprint density at radius 2 is 1.97 bits per heavy atom. The second kappa shape index (κ2) is 13.8. The minimum atomic E-state index is -3.63. The highest BCUT2D eigenvalue weighted by Gasteiger charge is 2.40. The van der Waals surface area contributed by atoms with Crippen molar-refractivity contribution in [1.82, 2.24) is 29.7 Å². The van der Waals surface area contributed by atoms with Crippen molar-refractivity contribution in [3.63, 3.8) is 0 Å². The van der Waals surface area contributed by atoms with Crippen molar-refractivity contribution >= 4 is 36.4 Å². The van der Waals surface area contributed by atoms with Crippen LogP contribution in [0.25, 0.3) is 11.2 Å². The van der Waals surface area contributed by atoms with Gasteiger partial charge in [-0.1, -0.05) is 26.7 Å². The first-order valence-electron chi connectivity index (χ1n) is 12.5. The molecule has 4 atom stereocenters. The molecule has 13 nitrogen and oxygen atoms in total. The van der Waals surface area contributed by atoms with Crippen molar-refractivity contribution in [3.05, 3.63) is 12.7 Å². The summed E-state index contributed by atoms with van der Waals surface area (Å²) in [7, 11) is -3.63. The number of aromatic nitrogens is 4. The molecular weight excluding hydrogens is 501 g/mol. The largest absolute Gasteiger partial charge is 0.481 e. The number of imidazole rings is 1. The fourth-order valence-electron chi connectivity index (χ4n) is 3.70. The number of nitrogen functional groups attached to an aromatic ring is 1. The number of carbonyl (C=O) groups excluding carboxylic acids is 1. The third kappa shape index (κ3) is 9.03. The summed E-state index contributed by atoms with van der Waals surface area (Å²) in [6.45, 7) is 9.48. The van der Waals surface area contributed by atoms with Crippen LogP contribution in [0.4, 0.5) is 5.82 Å². The van der Waals surface area contributed by atoms with Crippen LogP contribution >= 0.6 is 7.44 Å². The average Bonchev–Trinajstić information content (AvgIpc) is 3.23. The van der Waals surface area contributed by atoms with E-state index in [-0.39, 0.29) is 25.2 Å². The molecular formula is C23H40N7O6P. The van der Waals surface area contributed by atoms with E-state index in [0.29, 0.717) is 24.1 Å². The van der Waals surface area contributed by atoms with Gasteiger partial charge < -0.3 is 24.9 Å². The van der Waals surface area contributed by atoms with Gasteiger partial charge in [0.25, 0.3) is 0 Å². The summed E-state index contributed by atoms with van der Waals surface area (Å²) in [5.41, 5.74) is 5.60. The first-order chi connectivity index (χ1) is 17.4. The van der Waals surface area contributed by atoms with Crippen LogP contribution in [0.5, 0.6) is 0 Å². The van der Waals surface area contributed by atoms with Gasteiger partial charge in [0.2, 0.25) is 7.44 Å². The van der Waals surface area contributed by atoms with Gasteiger partial charge in [-0.25, -0.2) is 25.1 Å². The molecule has 0 aliphatic carbocycles. The Labute approximate surface area is 217 Å². The van der Waals surface area contributed by atoms with E-state index >= 15 is 0 Å². The number of nitrogens with one attached hydrogen (secondary N) is 2. The van der Waals surface area contributed by atoms with Gasteiger partial charge >= 0.3 is 11.9 Å². The molecule has 0 bridgehead atoms. The van der Waals surface area contributed by atoms with Crippen molar-refractivity contribution in [2.75, 3.05) is 18.7 Å². The molecule has 2 rings (SSSR count). The summed E-state index contributed by atoms with van der Waals surface area (Å²) in [5.74, 6) is -1.29. The Bertz CT molecular complexity index is 1100. The van der Waals surface area contributed by atoms with Crippen molar-refractivity contribution in [2.24, 2.45) is 0 Å². The van der Waals surface area contributed by atoms with Crippen molar-refractivity contribution in [3.8, 4) is 0 Å². The third-order valence-corrected chi connectivity index (χ3v) is 8.13. The summed E-state index contributed by atoms with van der Waals surface area (Å²) in [4.78, 5) is 36.5. The van der Waals surface area contributed by atoms with Crippen LogP contribution in [-0.2, 0) is 30.2 Å². The number of nitrogens with two attached hydrogens (primary N) is 1. The van der Waals surface area contributed by atoms with Gasteiger partial charge in [0.1, 0.15) is 23.7 Å². The number of hydrogen-bond donors (Lipinski definition) is 4. The van der Waals surface area contributed by atoms with E-state index in [1.165, 1.54) is 6.33 Å². The topological polar surface area (TPSA) is 184 Å². The lowest BCUT2D eigenvalue weighted by atomic mass is 10.0. The first kappa shape index (κ1) is 30.6. The van der Waals surface area contributed by atoms with Gasteiger partial charge in [-0.3, -0.25) is 14.2 Å². The second-order valence-corrected chi connectivity index (χ2v) is 11.7. The maximum absolute atomic E-state index is 14.0. The SMILES string of the molecule is CCCCCOC(=O)C(C)(CC)NP(=O)(COC(C)Cn1cnc2c(N)ncnc21)N[C@@H](C)CC(=O)O. The Kier molecular flexibility index (Phi) is 11.4. The van der Waals surface area contributed by atoms with E-state index in [0.717, 1.165) is 19.3 Å². The van der Waals surface area contributed by atoms with Gasteiger partial charge in [0, 0.05) is 6.04 Å². The molecule has 2 aromatic rings. The normalized spacial score (nSPS) is 16.6. The highest BCUT2D eigenvalue weighted by molar-refractivity contribution is 7.59. The van der Waals surface area contributed by atoms with E-state index in [1.54, 1.807) is 38.6 Å². The predicted octanol–water partition coefficient (Wildman–Crippen LogP) is 2.91. The van der Waals surface area contributed by atoms with Gasteiger partial charge in [0.05, 0.1) is 32.0 Å². The minimum Gasteiger partial charge on any atom is -0.481 e. The van der Waals surface area contributed by atoms with Crippen molar-refractivity contribution in [2.45, 2.75) is 91.0 Å². The van der Waals surface area contributed by atoms with Crippen LogP contribution in [0.15, 0.2) is 12.7 Å². The molecule has 0 aliphatic rings. The molecule has 3 unspecified atom stereocenters. The highest BCUT2D eigenvalue weighted by atomic mass is 31.2. The number of carboxylic acid groups (broad SMARTS) is 1. The molecule has 0 spiro atoms. The molecule has 5 N–H and O–H groups in total. The Balaban J connectivity index is 2.14. The van der Waals surface area contributed by atoms with E-state index in [9.17, 15) is 19.3 Å². The summed E-state index contributed by atoms with van der Waals surface area (Å²) >= 11 is 0. The van der Waals surface area contributed by atoms with Gasteiger partial charge in [0.15, 0.2) is 11.5 Å². The maximum atomic E-state index is 14.0. The summed E-state index contributed by atoms with van der Waals surface area (Å²) in [5, 5.41) is 15.0. The van der Waals surface area contributed by atoms with E-state index < -0.39 is 37.1 Å². The summed E-state index contributed by atoms with van der Waals surface area (Å²) < 4.78 is 27.2. The number of fused-ring (bicyclic) bond motifs is 1. The minimum absolute atomic E-state index is 0.256. The number of unbranched alkanes of at least 4 members (excludes halogenated alkanes) is 2. The van der Waals surface area contributed by atoms with Crippen LogP contribution in [0.3, 0.4) is 0 Å². The molecule has 0 radical (unpaired) electrons. The van der Waals surface area contributed by atoms with Gasteiger partial charge in [-0.15, -0.1) is 0 Å². The lowest BCUT2D eigenvalue weighted by molar-refractivity contribution is -0.150. The maximum Gasteiger partial charge on any atom is 0.326 e. The van der Waals surface area contributed by atoms with Crippen molar-refractivity contribution in [1.29, 1.82) is 0 Å². The van der Waals surface area contributed by atoms with E-state index in [4.69, 9.17) is 15.2 Å². The van der Waals surface area contributed by atoms with Crippen LogP contribution in [-0.4, -0.2) is 67.2 Å². The number of nitrogens with zero attached hydrogens (tertiary/aromatic N) is 4. The zero-order valence-corrected chi connectivity index (χ0v) is 23.2. The molecule has 2 heterocycles. The molecule has 2 aromatic heterocycles. The Morgan fingerprint density at radius 1 is 1.24 bits per heavy atom. The van der Waals surface area contributed by atoms with Gasteiger partial charge in [-0.05, 0) is 33.6 Å².